The molecular weight excluding hydrogens is 424 g/mol. The van der Waals surface area contributed by atoms with Crippen LogP contribution in [0.5, 0.6) is 0 Å². The summed E-state index contributed by atoms with van der Waals surface area (Å²) in [6.07, 6.45) is 3.00. The Labute approximate surface area is 180 Å². The van der Waals surface area contributed by atoms with Crippen molar-refractivity contribution in [2.75, 3.05) is 18.4 Å². The first kappa shape index (κ1) is 20.6. The molecule has 0 saturated carbocycles. The standard InChI is InChI=1S/C21H21ClN4O3S/c22-17-8-10-19(11-9-17)30(28,29)25-13-4-5-16(15-25)21(27)23-20-12-14-26(24-20)18-6-2-1-3-7-18/h1-3,6-12,14,16H,4-5,13,15H2,(H,23,24,27). The molecule has 1 N–H and O–H groups in total. The Morgan fingerprint density at radius 3 is 2.53 bits per heavy atom. The molecule has 1 fully saturated rings. The Hall–Kier alpha value is -2.68. The minimum Gasteiger partial charge on any atom is -0.309 e. The number of hydrogen-bond donors (Lipinski definition) is 1. The number of amides is 1. The van der Waals surface area contributed by atoms with Crippen LogP contribution in [0.2, 0.25) is 5.02 Å². The van der Waals surface area contributed by atoms with Crippen molar-refractivity contribution in [2.24, 2.45) is 5.92 Å². The van der Waals surface area contributed by atoms with Gasteiger partial charge in [0.05, 0.1) is 16.5 Å². The summed E-state index contributed by atoms with van der Waals surface area (Å²) in [5.74, 6) is -0.242. The number of nitrogens with zero attached hydrogens (tertiary/aromatic N) is 3. The average molecular weight is 445 g/mol. The Morgan fingerprint density at radius 1 is 1.07 bits per heavy atom. The molecule has 1 aromatic heterocycles. The summed E-state index contributed by atoms with van der Waals surface area (Å²) in [4.78, 5) is 12.9. The van der Waals surface area contributed by atoms with Crippen molar-refractivity contribution in [1.82, 2.24) is 14.1 Å². The molecule has 0 aliphatic carbocycles. The Kier molecular flexibility index (Phi) is 5.90. The van der Waals surface area contributed by atoms with E-state index < -0.39 is 15.9 Å². The third kappa shape index (κ3) is 4.40. The van der Waals surface area contributed by atoms with Crippen LogP contribution in [-0.4, -0.2) is 41.5 Å². The SMILES string of the molecule is O=C(Nc1ccn(-c2ccccc2)n1)C1CCCN(S(=O)(=O)c2ccc(Cl)cc2)C1. The number of carbonyl (C=O) groups is 1. The van der Waals surface area contributed by atoms with Crippen LogP contribution < -0.4 is 5.32 Å². The summed E-state index contributed by atoms with van der Waals surface area (Å²) in [6.45, 7) is 0.521. The number of piperidine rings is 1. The molecular formula is C21H21ClN4O3S. The van der Waals surface area contributed by atoms with E-state index in [4.69, 9.17) is 11.6 Å². The van der Waals surface area contributed by atoms with Crippen LogP contribution >= 0.6 is 11.6 Å². The zero-order valence-corrected chi connectivity index (χ0v) is 17.7. The molecule has 1 saturated heterocycles. The number of carbonyl (C=O) groups excluding carboxylic acids is 1. The molecule has 7 nitrogen and oxygen atoms in total. The highest BCUT2D eigenvalue weighted by Crippen LogP contribution is 2.25. The van der Waals surface area contributed by atoms with Crippen molar-refractivity contribution in [1.29, 1.82) is 0 Å². The number of aromatic nitrogens is 2. The van der Waals surface area contributed by atoms with E-state index in [1.807, 2.05) is 30.3 Å². The monoisotopic (exact) mass is 444 g/mol. The Morgan fingerprint density at radius 2 is 1.80 bits per heavy atom. The van der Waals surface area contributed by atoms with Crippen molar-refractivity contribution < 1.29 is 13.2 Å². The predicted octanol–water partition coefficient (Wildman–Crippen LogP) is 3.57. The number of para-hydroxylation sites is 1. The van der Waals surface area contributed by atoms with Gasteiger partial charge in [0.1, 0.15) is 0 Å². The van der Waals surface area contributed by atoms with Gasteiger partial charge < -0.3 is 5.32 Å². The lowest BCUT2D eigenvalue weighted by Gasteiger charge is -2.31. The largest absolute Gasteiger partial charge is 0.309 e. The number of halogens is 1. The topological polar surface area (TPSA) is 84.3 Å². The summed E-state index contributed by atoms with van der Waals surface area (Å²) < 4.78 is 28.9. The second kappa shape index (κ2) is 8.59. The third-order valence-corrected chi connectivity index (χ3v) is 7.20. The van der Waals surface area contributed by atoms with Crippen molar-refractivity contribution >= 4 is 33.3 Å². The molecule has 0 bridgehead atoms. The fourth-order valence-electron chi connectivity index (χ4n) is 3.47. The number of anilines is 1. The molecule has 0 spiro atoms. The molecule has 30 heavy (non-hydrogen) atoms. The molecule has 3 aromatic rings. The van der Waals surface area contributed by atoms with E-state index in [1.54, 1.807) is 29.1 Å². The quantitative estimate of drug-likeness (QED) is 0.652. The first-order chi connectivity index (χ1) is 14.4. The molecule has 1 amide bonds. The predicted molar refractivity (Wildman–Crippen MR) is 115 cm³/mol. The van der Waals surface area contributed by atoms with Gasteiger partial charge in [-0.1, -0.05) is 29.8 Å². The normalized spacial score (nSPS) is 17.6. The zero-order chi connectivity index (χ0) is 21.1. The minimum absolute atomic E-state index is 0.135. The van der Waals surface area contributed by atoms with Crippen LogP contribution in [0.15, 0.2) is 71.8 Å². The lowest BCUT2D eigenvalue weighted by molar-refractivity contribution is -0.120. The van der Waals surface area contributed by atoms with Gasteiger partial charge in [-0.05, 0) is 49.2 Å². The number of benzene rings is 2. The first-order valence-electron chi connectivity index (χ1n) is 9.61. The van der Waals surface area contributed by atoms with E-state index in [9.17, 15) is 13.2 Å². The highest BCUT2D eigenvalue weighted by Gasteiger charge is 2.33. The van der Waals surface area contributed by atoms with Crippen LogP contribution in [0.25, 0.3) is 5.69 Å². The van der Waals surface area contributed by atoms with E-state index in [2.05, 4.69) is 10.4 Å². The van der Waals surface area contributed by atoms with E-state index in [0.717, 1.165) is 5.69 Å². The maximum absolute atomic E-state index is 12.9. The second-order valence-electron chi connectivity index (χ2n) is 7.13. The van der Waals surface area contributed by atoms with Crippen molar-refractivity contribution in [3.63, 3.8) is 0 Å². The molecule has 4 rings (SSSR count). The van der Waals surface area contributed by atoms with Crippen LogP contribution in [0, 0.1) is 5.92 Å². The van der Waals surface area contributed by atoms with E-state index in [0.29, 0.717) is 30.2 Å². The van der Waals surface area contributed by atoms with Crippen LogP contribution in [0.1, 0.15) is 12.8 Å². The summed E-state index contributed by atoms with van der Waals surface area (Å²) in [5, 5.41) is 7.66. The van der Waals surface area contributed by atoms with Gasteiger partial charge in [0.25, 0.3) is 0 Å². The second-order valence-corrected chi connectivity index (χ2v) is 9.50. The van der Waals surface area contributed by atoms with Gasteiger partial charge in [0, 0.05) is 30.4 Å². The summed E-state index contributed by atoms with van der Waals surface area (Å²) >= 11 is 5.86. The average Bonchev–Trinajstić information content (AvgIpc) is 3.23. The number of hydrogen-bond acceptors (Lipinski definition) is 4. The summed E-state index contributed by atoms with van der Waals surface area (Å²) in [6, 6.07) is 17.4. The van der Waals surface area contributed by atoms with Gasteiger partial charge in [0.2, 0.25) is 15.9 Å². The summed E-state index contributed by atoms with van der Waals surface area (Å²) in [7, 11) is -3.68. The number of nitrogens with one attached hydrogen (secondary N) is 1. The van der Waals surface area contributed by atoms with Crippen LogP contribution in [0.4, 0.5) is 5.82 Å². The lowest BCUT2D eigenvalue weighted by atomic mass is 9.99. The maximum Gasteiger partial charge on any atom is 0.243 e. The smallest absolute Gasteiger partial charge is 0.243 e. The fourth-order valence-corrected chi connectivity index (χ4v) is 5.12. The van der Waals surface area contributed by atoms with Gasteiger partial charge in [-0.15, -0.1) is 0 Å². The molecule has 1 aliphatic heterocycles. The van der Waals surface area contributed by atoms with Gasteiger partial charge in [-0.25, -0.2) is 13.1 Å². The molecule has 9 heteroatoms. The van der Waals surface area contributed by atoms with E-state index in [-0.39, 0.29) is 17.3 Å². The molecule has 2 heterocycles. The maximum atomic E-state index is 12.9. The highest BCUT2D eigenvalue weighted by atomic mass is 35.5. The Balaban J connectivity index is 1.44. The van der Waals surface area contributed by atoms with Gasteiger partial charge >= 0.3 is 0 Å². The molecule has 2 aromatic carbocycles. The van der Waals surface area contributed by atoms with E-state index in [1.165, 1.54) is 16.4 Å². The molecule has 0 radical (unpaired) electrons. The van der Waals surface area contributed by atoms with Crippen molar-refractivity contribution in [3.05, 3.63) is 71.9 Å². The van der Waals surface area contributed by atoms with Crippen LogP contribution in [0.3, 0.4) is 0 Å². The molecule has 1 aliphatic rings. The molecule has 1 atom stereocenters. The van der Waals surface area contributed by atoms with Crippen molar-refractivity contribution in [2.45, 2.75) is 17.7 Å². The first-order valence-corrected chi connectivity index (χ1v) is 11.4. The van der Waals surface area contributed by atoms with Gasteiger partial charge in [-0.3, -0.25) is 4.79 Å². The van der Waals surface area contributed by atoms with E-state index >= 15 is 0 Å². The minimum atomic E-state index is -3.68. The van der Waals surface area contributed by atoms with Crippen molar-refractivity contribution in [3.8, 4) is 5.69 Å². The number of rotatable bonds is 5. The molecule has 1 unspecified atom stereocenters. The van der Waals surface area contributed by atoms with Gasteiger partial charge in [0.15, 0.2) is 5.82 Å². The van der Waals surface area contributed by atoms with Crippen LogP contribution in [-0.2, 0) is 14.8 Å². The highest BCUT2D eigenvalue weighted by molar-refractivity contribution is 7.89. The third-order valence-electron chi connectivity index (χ3n) is 5.07. The lowest BCUT2D eigenvalue weighted by Crippen LogP contribution is -2.43. The number of sulfonamides is 1. The summed E-state index contributed by atoms with van der Waals surface area (Å²) in [5.41, 5.74) is 0.885. The van der Waals surface area contributed by atoms with Gasteiger partial charge in [-0.2, -0.15) is 9.40 Å². The molecule has 156 valence electrons. The fraction of sp³-hybridized carbons (Fsp3) is 0.238. The zero-order valence-electron chi connectivity index (χ0n) is 16.1. The Bertz CT molecular complexity index is 1130.